The molecule has 3 heteroatoms. The molecular formula is C14H22N2O. The fraction of sp³-hybridized carbons (Fsp3) is 0.500. The van der Waals surface area contributed by atoms with Crippen molar-refractivity contribution in [3.05, 3.63) is 36.1 Å². The summed E-state index contributed by atoms with van der Waals surface area (Å²) in [5.74, 6) is 0.186. The van der Waals surface area contributed by atoms with E-state index in [1.807, 2.05) is 20.0 Å². The summed E-state index contributed by atoms with van der Waals surface area (Å²) in [6.45, 7) is 6.28. The van der Waals surface area contributed by atoms with Crippen LogP contribution in [0.3, 0.4) is 0 Å². The van der Waals surface area contributed by atoms with Crippen LogP contribution in [0, 0.1) is 0 Å². The zero-order valence-corrected chi connectivity index (χ0v) is 11.0. The number of carbonyl (C=O) groups excluding carboxylic acids is 1. The molecule has 0 bridgehead atoms. The second kappa shape index (κ2) is 6.94. The smallest absolute Gasteiger partial charge is 0.241 e. The predicted octanol–water partition coefficient (Wildman–Crippen LogP) is 2.19. The largest absolute Gasteiger partial charge is 0.360 e. The third-order valence-corrected chi connectivity index (χ3v) is 2.80. The Balaban J connectivity index is 2.74. The maximum absolute atomic E-state index is 11.7. The highest BCUT2D eigenvalue weighted by Crippen LogP contribution is 2.11. The fourth-order valence-electron chi connectivity index (χ4n) is 1.72. The Labute approximate surface area is 104 Å². The van der Waals surface area contributed by atoms with Gasteiger partial charge in [-0.15, -0.1) is 0 Å². The molecule has 0 unspecified atom stereocenters. The molecule has 0 radical (unpaired) electrons. The van der Waals surface area contributed by atoms with Crippen LogP contribution >= 0.6 is 0 Å². The SMILES string of the molecule is C\C=C/C(=C\C=C/CC)N1CCN(C)C(=O)C1. The Kier molecular flexibility index (Phi) is 5.53. The molecule has 3 nitrogen and oxygen atoms in total. The van der Waals surface area contributed by atoms with Gasteiger partial charge in [-0.25, -0.2) is 0 Å². The first-order chi connectivity index (χ1) is 8.19. The summed E-state index contributed by atoms with van der Waals surface area (Å²) in [6.07, 6.45) is 11.3. The van der Waals surface area contributed by atoms with Crippen molar-refractivity contribution < 1.29 is 4.79 Å². The van der Waals surface area contributed by atoms with Gasteiger partial charge in [-0.05, 0) is 25.5 Å². The van der Waals surface area contributed by atoms with Crippen LogP contribution in [0.1, 0.15) is 20.3 Å². The highest BCUT2D eigenvalue weighted by Gasteiger charge is 2.21. The zero-order valence-electron chi connectivity index (χ0n) is 11.0. The van der Waals surface area contributed by atoms with E-state index in [4.69, 9.17) is 0 Å². The topological polar surface area (TPSA) is 23.6 Å². The van der Waals surface area contributed by atoms with E-state index in [1.165, 1.54) is 0 Å². The van der Waals surface area contributed by atoms with E-state index in [-0.39, 0.29) is 5.91 Å². The molecule has 0 aromatic heterocycles. The monoisotopic (exact) mass is 234 g/mol. The summed E-state index contributed by atoms with van der Waals surface area (Å²) in [5, 5.41) is 0. The van der Waals surface area contributed by atoms with E-state index < -0.39 is 0 Å². The summed E-state index contributed by atoms with van der Waals surface area (Å²) in [5.41, 5.74) is 1.11. The first-order valence-electron chi connectivity index (χ1n) is 6.17. The Hall–Kier alpha value is -1.51. The van der Waals surface area contributed by atoms with Gasteiger partial charge in [0.25, 0.3) is 0 Å². The summed E-state index contributed by atoms with van der Waals surface area (Å²) >= 11 is 0. The molecule has 0 aromatic rings. The molecule has 17 heavy (non-hydrogen) atoms. The highest BCUT2D eigenvalue weighted by molar-refractivity contribution is 5.79. The first kappa shape index (κ1) is 13.6. The van der Waals surface area contributed by atoms with Gasteiger partial charge in [0.1, 0.15) is 0 Å². The Bertz CT molecular complexity index is 342. The van der Waals surface area contributed by atoms with E-state index in [1.54, 1.807) is 4.90 Å². The molecule has 0 aliphatic carbocycles. The van der Waals surface area contributed by atoms with Crippen molar-refractivity contribution in [1.82, 2.24) is 9.80 Å². The van der Waals surface area contributed by atoms with Crippen LogP contribution < -0.4 is 0 Å². The normalized spacial score (nSPS) is 18.8. The lowest BCUT2D eigenvalue weighted by Gasteiger charge is -2.34. The van der Waals surface area contributed by atoms with E-state index in [0.29, 0.717) is 6.54 Å². The van der Waals surface area contributed by atoms with Gasteiger partial charge in [0, 0.05) is 25.8 Å². The van der Waals surface area contributed by atoms with Crippen LogP contribution in [0.4, 0.5) is 0 Å². The molecule has 1 aliphatic heterocycles. The van der Waals surface area contributed by atoms with Crippen molar-refractivity contribution in [2.75, 3.05) is 26.7 Å². The molecule has 1 fully saturated rings. The van der Waals surface area contributed by atoms with Gasteiger partial charge >= 0.3 is 0 Å². The number of amides is 1. The van der Waals surface area contributed by atoms with Crippen molar-refractivity contribution >= 4 is 5.91 Å². The number of carbonyl (C=O) groups is 1. The molecule has 1 saturated heterocycles. The number of piperazine rings is 1. The zero-order chi connectivity index (χ0) is 12.7. The molecule has 0 N–H and O–H groups in total. The van der Waals surface area contributed by atoms with Gasteiger partial charge < -0.3 is 9.80 Å². The Morgan fingerprint density at radius 2 is 2.18 bits per heavy atom. The van der Waals surface area contributed by atoms with Crippen molar-refractivity contribution in [2.24, 2.45) is 0 Å². The summed E-state index contributed by atoms with van der Waals surface area (Å²) in [7, 11) is 1.86. The maximum atomic E-state index is 11.7. The van der Waals surface area contributed by atoms with Crippen molar-refractivity contribution in [2.45, 2.75) is 20.3 Å². The lowest BCUT2D eigenvalue weighted by atomic mass is 10.2. The molecule has 94 valence electrons. The average Bonchev–Trinajstić information content (AvgIpc) is 2.32. The number of hydrogen-bond donors (Lipinski definition) is 0. The third-order valence-electron chi connectivity index (χ3n) is 2.80. The van der Waals surface area contributed by atoms with Gasteiger partial charge in [0.2, 0.25) is 5.91 Å². The van der Waals surface area contributed by atoms with Gasteiger partial charge in [-0.2, -0.15) is 0 Å². The van der Waals surface area contributed by atoms with Crippen LogP contribution in [-0.2, 0) is 4.79 Å². The second-order valence-electron chi connectivity index (χ2n) is 4.16. The predicted molar refractivity (Wildman–Crippen MR) is 71.5 cm³/mol. The molecule has 1 rings (SSSR count). The van der Waals surface area contributed by atoms with Crippen LogP contribution in [0.2, 0.25) is 0 Å². The molecule has 0 saturated carbocycles. The van der Waals surface area contributed by atoms with Crippen molar-refractivity contribution in [3.8, 4) is 0 Å². The Morgan fingerprint density at radius 3 is 2.76 bits per heavy atom. The minimum Gasteiger partial charge on any atom is -0.360 e. The molecule has 0 spiro atoms. The van der Waals surface area contributed by atoms with E-state index in [9.17, 15) is 4.79 Å². The molecular weight excluding hydrogens is 212 g/mol. The van der Waals surface area contributed by atoms with Crippen molar-refractivity contribution in [1.29, 1.82) is 0 Å². The van der Waals surface area contributed by atoms with E-state index >= 15 is 0 Å². The fourth-order valence-corrected chi connectivity index (χ4v) is 1.72. The number of allylic oxidation sites excluding steroid dienone is 5. The van der Waals surface area contributed by atoms with Gasteiger partial charge in [-0.1, -0.05) is 25.2 Å². The average molecular weight is 234 g/mol. The van der Waals surface area contributed by atoms with Crippen LogP contribution in [0.25, 0.3) is 0 Å². The summed E-state index contributed by atoms with van der Waals surface area (Å²) in [4.78, 5) is 15.6. The summed E-state index contributed by atoms with van der Waals surface area (Å²) < 4.78 is 0. The van der Waals surface area contributed by atoms with Crippen molar-refractivity contribution in [3.63, 3.8) is 0 Å². The van der Waals surface area contributed by atoms with Gasteiger partial charge in [0.05, 0.1) is 6.54 Å². The second-order valence-corrected chi connectivity index (χ2v) is 4.16. The van der Waals surface area contributed by atoms with E-state index in [2.05, 4.69) is 36.1 Å². The minimum absolute atomic E-state index is 0.186. The number of rotatable bonds is 4. The lowest BCUT2D eigenvalue weighted by Crippen LogP contribution is -2.47. The van der Waals surface area contributed by atoms with Crippen LogP contribution in [0.5, 0.6) is 0 Å². The standard InChI is InChI=1S/C14H22N2O/c1-4-6-7-9-13(8-5-2)16-11-10-15(3)14(17)12-16/h5-9H,4,10-12H2,1-3H3/b7-6-,8-5-,13-9+. The molecule has 1 heterocycles. The van der Waals surface area contributed by atoms with E-state index in [0.717, 1.165) is 25.2 Å². The van der Waals surface area contributed by atoms with Gasteiger partial charge in [-0.3, -0.25) is 4.79 Å². The quantitative estimate of drug-likeness (QED) is 0.696. The van der Waals surface area contributed by atoms with Crippen LogP contribution in [0.15, 0.2) is 36.1 Å². The maximum Gasteiger partial charge on any atom is 0.241 e. The number of hydrogen-bond acceptors (Lipinski definition) is 2. The molecule has 1 aliphatic rings. The first-order valence-corrected chi connectivity index (χ1v) is 6.17. The molecule has 0 atom stereocenters. The van der Waals surface area contributed by atoms with Gasteiger partial charge in [0.15, 0.2) is 0 Å². The number of nitrogens with zero attached hydrogens (tertiary/aromatic N) is 2. The molecule has 0 aromatic carbocycles. The minimum atomic E-state index is 0.186. The summed E-state index contributed by atoms with van der Waals surface area (Å²) in [6, 6.07) is 0. The highest BCUT2D eigenvalue weighted by atomic mass is 16.2. The lowest BCUT2D eigenvalue weighted by molar-refractivity contribution is -0.133. The Morgan fingerprint density at radius 1 is 1.41 bits per heavy atom. The third kappa shape index (κ3) is 4.10. The van der Waals surface area contributed by atoms with Crippen LogP contribution in [-0.4, -0.2) is 42.4 Å². The number of likely N-dealkylation sites (N-methyl/N-ethyl adjacent to an activating group) is 1. The molecule has 1 amide bonds.